The maximum Gasteiger partial charge on any atom is 0.229 e. The SMILES string of the molecule is CC(C)[Si](C#Cc1cc(Nc2ccccc2)nc2nc(Nc3ccc(N(C)CCN(C)C)cc3)ncc12)(C(C)C)C(C)C. The molecule has 0 spiro atoms. The van der Waals surface area contributed by atoms with Gasteiger partial charge in [0.1, 0.15) is 13.9 Å². The van der Waals surface area contributed by atoms with E-state index in [2.05, 4.69) is 124 Å². The van der Waals surface area contributed by atoms with E-state index in [-0.39, 0.29) is 0 Å². The van der Waals surface area contributed by atoms with Crippen LogP contribution in [0, 0.1) is 11.5 Å². The summed E-state index contributed by atoms with van der Waals surface area (Å²) in [6, 6.07) is 20.4. The predicted octanol–water partition coefficient (Wildman–Crippen LogP) is 8.08. The van der Waals surface area contributed by atoms with Gasteiger partial charge in [-0.25, -0.2) is 9.97 Å². The molecule has 43 heavy (non-hydrogen) atoms. The van der Waals surface area contributed by atoms with Gasteiger partial charge in [-0.2, -0.15) is 4.98 Å². The lowest BCUT2D eigenvalue weighted by Crippen LogP contribution is -2.43. The van der Waals surface area contributed by atoms with Crippen molar-refractivity contribution in [2.24, 2.45) is 0 Å². The second-order valence-electron chi connectivity index (χ2n) is 12.5. The van der Waals surface area contributed by atoms with Crippen molar-refractivity contribution in [2.75, 3.05) is 49.8 Å². The molecular formula is C35H47N7Si. The van der Waals surface area contributed by atoms with Crippen molar-refractivity contribution >= 4 is 47.9 Å². The normalized spacial score (nSPS) is 11.7. The highest BCUT2D eigenvalue weighted by molar-refractivity contribution is 6.90. The molecule has 226 valence electrons. The van der Waals surface area contributed by atoms with Gasteiger partial charge < -0.3 is 20.4 Å². The molecule has 0 saturated heterocycles. The third kappa shape index (κ3) is 7.72. The molecule has 0 bridgehead atoms. The Labute approximate surface area is 259 Å². The Kier molecular flexibility index (Phi) is 10.4. The standard InChI is InChI=1S/C35H47N7Si/c1-25(2)43(26(3)4,27(5)6)22-19-28-23-33(37-29-13-11-10-12-14-29)39-34-32(28)24-36-35(40-34)38-30-15-17-31(18-16-30)42(9)21-20-41(7)8/h10-18,23-27H,20-21H2,1-9H3,(H2,36,37,38,39,40). The van der Waals surface area contributed by atoms with Crippen LogP contribution in [0.15, 0.2) is 66.9 Å². The minimum atomic E-state index is -1.94. The summed E-state index contributed by atoms with van der Waals surface area (Å²) in [4.78, 5) is 18.8. The van der Waals surface area contributed by atoms with Crippen LogP contribution in [0.4, 0.5) is 28.8 Å². The zero-order chi connectivity index (χ0) is 31.1. The lowest BCUT2D eigenvalue weighted by Gasteiger charge is -2.38. The molecule has 2 heterocycles. The molecule has 0 aliphatic rings. The Morgan fingerprint density at radius 2 is 1.40 bits per heavy atom. The summed E-state index contributed by atoms with van der Waals surface area (Å²) in [5.74, 6) is 4.84. The molecule has 0 fully saturated rings. The molecule has 0 saturated carbocycles. The number of fused-ring (bicyclic) bond motifs is 1. The van der Waals surface area contributed by atoms with Crippen LogP contribution in [-0.4, -0.2) is 62.2 Å². The van der Waals surface area contributed by atoms with E-state index in [0.717, 1.165) is 41.1 Å². The molecule has 0 amide bonds. The van der Waals surface area contributed by atoms with Gasteiger partial charge in [0.15, 0.2) is 5.65 Å². The highest BCUT2D eigenvalue weighted by atomic mass is 28.3. The number of nitrogens with one attached hydrogen (secondary N) is 2. The summed E-state index contributed by atoms with van der Waals surface area (Å²) in [5, 5.41) is 7.67. The van der Waals surface area contributed by atoms with Crippen molar-refractivity contribution in [2.45, 2.75) is 58.2 Å². The van der Waals surface area contributed by atoms with E-state index in [9.17, 15) is 0 Å². The zero-order valence-corrected chi connectivity index (χ0v) is 28.2. The number of anilines is 5. The summed E-state index contributed by atoms with van der Waals surface area (Å²) < 4.78 is 0. The number of likely N-dealkylation sites (N-methyl/N-ethyl adjacent to an activating group) is 2. The average Bonchev–Trinajstić information content (AvgIpc) is 2.96. The van der Waals surface area contributed by atoms with Crippen LogP contribution in [0.2, 0.25) is 16.6 Å². The summed E-state index contributed by atoms with van der Waals surface area (Å²) >= 11 is 0. The maximum atomic E-state index is 4.89. The van der Waals surface area contributed by atoms with Gasteiger partial charge in [-0.3, -0.25) is 0 Å². The second kappa shape index (κ2) is 14.0. The number of rotatable bonds is 11. The van der Waals surface area contributed by atoms with Crippen LogP contribution >= 0.6 is 0 Å². The van der Waals surface area contributed by atoms with Crippen LogP contribution in [0.1, 0.15) is 47.1 Å². The van der Waals surface area contributed by atoms with Crippen LogP contribution in [-0.2, 0) is 0 Å². The summed E-state index contributed by atoms with van der Waals surface area (Å²) in [7, 11) is 4.36. The van der Waals surface area contributed by atoms with Gasteiger partial charge in [-0.15, -0.1) is 5.54 Å². The van der Waals surface area contributed by atoms with Crippen molar-refractivity contribution in [1.82, 2.24) is 19.9 Å². The second-order valence-corrected chi connectivity index (χ2v) is 18.1. The molecule has 7 nitrogen and oxygen atoms in total. The number of benzene rings is 2. The first kappa shape index (κ1) is 32.0. The highest BCUT2D eigenvalue weighted by Crippen LogP contribution is 2.41. The number of nitrogens with zero attached hydrogens (tertiary/aromatic N) is 5. The van der Waals surface area contributed by atoms with E-state index in [1.807, 2.05) is 42.6 Å². The maximum absolute atomic E-state index is 4.89. The molecule has 4 aromatic rings. The number of aromatic nitrogens is 3. The number of pyridine rings is 1. The third-order valence-electron chi connectivity index (χ3n) is 8.34. The first-order chi connectivity index (χ1) is 20.5. The van der Waals surface area contributed by atoms with Crippen LogP contribution < -0.4 is 15.5 Å². The van der Waals surface area contributed by atoms with Gasteiger partial charge in [-0.05, 0) is 73.2 Å². The van der Waals surface area contributed by atoms with E-state index in [1.54, 1.807) is 0 Å². The zero-order valence-electron chi connectivity index (χ0n) is 27.2. The lowest BCUT2D eigenvalue weighted by molar-refractivity contribution is 0.416. The monoisotopic (exact) mass is 593 g/mol. The van der Waals surface area contributed by atoms with Crippen molar-refractivity contribution < 1.29 is 0 Å². The fourth-order valence-corrected chi connectivity index (χ4v) is 11.1. The Morgan fingerprint density at radius 3 is 2.00 bits per heavy atom. The van der Waals surface area contributed by atoms with Gasteiger partial charge in [0.2, 0.25) is 5.95 Å². The van der Waals surface area contributed by atoms with Crippen LogP contribution in [0.3, 0.4) is 0 Å². The highest BCUT2D eigenvalue weighted by Gasteiger charge is 2.41. The molecule has 2 N–H and O–H groups in total. The summed E-state index contributed by atoms with van der Waals surface area (Å²) in [5.41, 5.74) is 10.1. The Hall–Kier alpha value is -3.93. The Bertz CT molecular complexity index is 1530. The van der Waals surface area contributed by atoms with E-state index < -0.39 is 8.07 Å². The largest absolute Gasteiger partial charge is 0.373 e. The van der Waals surface area contributed by atoms with Gasteiger partial charge in [0.25, 0.3) is 0 Å². The van der Waals surface area contributed by atoms with Gasteiger partial charge in [0.05, 0.1) is 5.39 Å². The fourth-order valence-electron chi connectivity index (χ4n) is 5.92. The van der Waals surface area contributed by atoms with Crippen molar-refractivity contribution in [3.8, 4) is 11.5 Å². The minimum absolute atomic E-state index is 0.500. The Balaban J connectivity index is 1.71. The first-order valence-electron chi connectivity index (χ1n) is 15.3. The molecule has 0 unspecified atom stereocenters. The summed E-state index contributed by atoms with van der Waals surface area (Å²) in [6.45, 7) is 16.0. The lowest BCUT2D eigenvalue weighted by atomic mass is 10.2. The average molecular weight is 594 g/mol. The first-order valence-corrected chi connectivity index (χ1v) is 17.5. The molecular weight excluding hydrogens is 547 g/mol. The molecule has 0 atom stereocenters. The van der Waals surface area contributed by atoms with Gasteiger partial charge in [-0.1, -0.05) is 65.7 Å². The van der Waals surface area contributed by atoms with Crippen molar-refractivity contribution in [3.63, 3.8) is 0 Å². The molecule has 0 radical (unpaired) electrons. The van der Waals surface area contributed by atoms with E-state index in [1.165, 1.54) is 0 Å². The fraction of sp³-hybridized carbons (Fsp3) is 0.400. The topological polar surface area (TPSA) is 69.2 Å². The van der Waals surface area contributed by atoms with Gasteiger partial charge >= 0.3 is 0 Å². The van der Waals surface area contributed by atoms with E-state index >= 15 is 0 Å². The van der Waals surface area contributed by atoms with Crippen LogP contribution in [0.25, 0.3) is 11.0 Å². The smallest absolute Gasteiger partial charge is 0.229 e. The molecule has 8 heteroatoms. The quantitative estimate of drug-likeness (QED) is 0.135. The molecule has 0 aliphatic heterocycles. The number of hydrogen-bond acceptors (Lipinski definition) is 7. The molecule has 0 aliphatic carbocycles. The predicted molar refractivity (Wildman–Crippen MR) is 187 cm³/mol. The Morgan fingerprint density at radius 1 is 0.767 bits per heavy atom. The number of hydrogen-bond donors (Lipinski definition) is 2. The van der Waals surface area contributed by atoms with Gasteiger partial charge in [0, 0.05) is 49.0 Å². The van der Waals surface area contributed by atoms with Crippen molar-refractivity contribution in [1.29, 1.82) is 0 Å². The third-order valence-corrected chi connectivity index (χ3v) is 14.6. The molecule has 2 aromatic carbocycles. The van der Waals surface area contributed by atoms with Crippen LogP contribution in [0.5, 0.6) is 0 Å². The molecule has 4 rings (SSSR count). The van der Waals surface area contributed by atoms with E-state index in [4.69, 9.17) is 9.97 Å². The number of para-hydroxylation sites is 1. The summed E-state index contributed by atoms with van der Waals surface area (Å²) in [6.07, 6.45) is 1.85. The molecule has 2 aromatic heterocycles. The van der Waals surface area contributed by atoms with E-state index in [0.29, 0.717) is 34.0 Å². The van der Waals surface area contributed by atoms with Crippen molar-refractivity contribution in [3.05, 3.63) is 72.4 Å². The minimum Gasteiger partial charge on any atom is -0.373 e.